The van der Waals surface area contributed by atoms with E-state index in [4.69, 9.17) is 11.6 Å². The summed E-state index contributed by atoms with van der Waals surface area (Å²) >= 11 is 6.08. The molecule has 1 heterocycles. The number of aromatic nitrogens is 1. The number of aryl methyl sites for hydroxylation is 1. The third-order valence-corrected chi connectivity index (χ3v) is 2.85. The van der Waals surface area contributed by atoms with Gasteiger partial charge in [-0.25, -0.2) is 4.98 Å². The van der Waals surface area contributed by atoms with Crippen molar-refractivity contribution in [2.75, 3.05) is 0 Å². The molecule has 2 aromatic rings. The summed E-state index contributed by atoms with van der Waals surface area (Å²) in [6, 6.07) is 9.93. The fourth-order valence-electron chi connectivity index (χ4n) is 1.69. The Bertz CT molecular complexity index is 510. The number of para-hydroxylation sites is 1. The predicted molar refractivity (Wildman–Crippen MR) is 65.8 cm³/mol. The van der Waals surface area contributed by atoms with Crippen LogP contribution in [0.1, 0.15) is 18.4 Å². The van der Waals surface area contributed by atoms with E-state index in [0.717, 1.165) is 35.6 Å². The molecular weight excluding hydrogens is 222 g/mol. The van der Waals surface area contributed by atoms with E-state index in [0.29, 0.717) is 11.6 Å². The summed E-state index contributed by atoms with van der Waals surface area (Å²) in [5.41, 5.74) is 1.92. The Morgan fingerprint density at radius 2 is 2.12 bits per heavy atom. The van der Waals surface area contributed by atoms with E-state index in [-0.39, 0.29) is 0 Å². The summed E-state index contributed by atoms with van der Waals surface area (Å²) < 4.78 is 0. The first-order valence-electron chi connectivity index (χ1n) is 5.29. The summed E-state index contributed by atoms with van der Waals surface area (Å²) in [5.74, 6) is 0. The van der Waals surface area contributed by atoms with Gasteiger partial charge in [0.25, 0.3) is 0 Å². The standard InChI is InChI=1S/C13H12ClNO/c14-13-11(6-3-4-8-16)9-10-5-1-2-7-12(10)15-13/h1-2,5,7-9H,3-4,6H2. The number of hydrogen-bond acceptors (Lipinski definition) is 2. The molecule has 0 fully saturated rings. The summed E-state index contributed by atoms with van der Waals surface area (Å²) in [5, 5.41) is 1.64. The van der Waals surface area contributed by atoms with Gasteiger partial charge in [-0.2, -0.15) is 0 Å². The van der Waals surface area contributed by atoms with Crippen molar-refractivity contribution >= 4 is 28.8 Å². The summed E-state index contributed by atoms with van der Waals surface area (Å²) in [4.78, 5) is 14.6. The Hall–Kier alpha value is -1.41. The van der Waals surface area contributed by atoms with Gasteiger partial charge < -0.3 is 4.79 Å². The summed E-state index contributed by atoms with van der Waals surface area (Å²) in [7, 11) is 0. The number of fused-ring (bicyclic) bond motifs is 1. The number of unbranched alkanes of at least 4 members (excludes halogenated alkanes) is 1. The van der Waals surface area contributed by atoms with Gasteiger partial charge in [0.15, 0.2) is 0 Å². The highest BCUT2D eigenvalue weighted by Gasteiger charge is 2.04. The van der Waals surface area contributed by atoms with Crippen LogP contribution in [0.15, 0.2) is 30.3 Å². The van der Waals surface area contributed by atoms with Crippen LogP contribution in [0, 0.1) is 0 Å². The maximum Gasteiger partial charge on any atom is 0.132 e. The zero-order chi connectivity index (χ0) is 11.4. The van der Waals surface area contributed by atoms with Crippen LogP contribution in [0.5, 0.6) is 0 Å². The number of carbonyl (C=O) groups is 1. The molecule has 0 radical (unpaired) electrons. The lowest BCUT2D eigenvalue weighted by Gasteiger charge is -2.04. The van der Waals surface area contributed by atoms with Crippen molar-refractivity contribution in [2.24, 2.45) is 0 Å². The smallest absolute Gasteiger partial charge is 0.132 e. The van der Waals surface area contributed by atoms with Gasteiger partial charge in [0.05, 0.1) is 5.52 Å². The van der Waals surface area contributed by atoms with Crippen molar-refractivity contribution in [1.29, 1.82) is 0 Å². The van der Waals surface area contributed by atoms with Crippen molar-refractivity contribution in [3.8, 4) is 0 Å². The minimum atomic E-state index is 0.546. The molecule has 2 nitrogen and oxygen atoms in total. The van der Waals surface area contributed by atoms with Gasteiger partial charge >= 0.3 is 0 Å². The zero-order valence-electron chi connectivity index (χ0n) is 8.82. The molecule has 0 saturated heterocycles. The van der Waals surface area contributed by atoms with Crippen LogP contribution in [-0.2, 0) is 11.2 Å². The highest BCUT2D eigenvalue weighted by atomic mass is 35.5. The number of hydrogen-bond donors (Lipinski definition) is 0. The van der Waals surface area contributed by atoms with Crippen LogP contribution in [0.2, 0.25) is 5.15 Å². The molecule has 2 rings (SSSR count). The second kappa shape index (κ2) is 5.08. The molecule has 0 bridgehead atoms. The highest BCUT2D eigenvalue weighted by molar-refractivity contribution is 6.30. The third-order valence-electron chi connectivity index (χ3n) is 2.52. The average Bonchev–Trinajstić information content (AvgIpc) is 2.30. The number of pyridine rings is 1. The maximum absolute atomic E-state index is 10.2. The zero-order valence-corrected chi connectivity index (χ0v) is 9.57. The van der Waals surface area contributed by atoms with E-state index in [2.05, 4.69) is 11.1 Å². The van der Waals surface area contributed by atoms with Crippen LogP contribution < -0.4 is 0 Å². The van der Waals surface area contributed by atoms with E-state index in [1.165, 1.54) is 0 Å². The molecule has 0 aliphatic rings. The van der Waals surface area contributed by atoms with Gasteiger partial charge in [0.2, 0.25) is 0 Å². The summed E-state index contributed by atoms with van der Waals surface area (Å²) in [6.07, 6.45) is 3.13. The molecule has 16 heavy (non-hydrogen) atoms. The van der Waals surface area contributed by atoms with Gasteiger partial charge in [-0.15, -0.1) is 0 Å². The molecule has 0 N–H and O–H groups in total. The first-order chi connectivity index (χ1) is 7.81. The van der Waals surface area contributed by atoms with E-state index in [1.807, 2.05) is 24.3 Å². The third kappa shape index (κ3) is 2.39. The molecule has 82 valence electrons. The lowest BCUT2D eigenvalue weighted by atomic mass is 10.1. The topological polar surface area (TPSA) is 30.0 Å². The molecule has 0 atom stereocenters. The quantitative estimate of drug-likeness (QED) is 0.460. The van der Waals surface area contributed by atoms with Gasteiger partial charge in [-0.1, -0.05) is 29.8 Å². The van der Waals surface area contributed by atoms with Crippen LogP contribution in [0.4, 0.5) is 0 Å². The second-order valence-electron chi connectivity index (χ2n) is 3.69. The van der Waals surface area contributed by atoms with E-state index < -0.39 is 0 Å². The Morgan fingerprint density at radius 1 is 1.31 bits per heavy atom. The van der Waals surface area contributed by atoms with Gasteiger partial charge in [-0.05, 0) is 30.5 Å². The van der Waals surface area contributed by atoms with Crippen LogP contribution in [0.3, 0.4) is 0 Å². The number of carbonyl (C=O) groups excluding carboxylic acids is 1. The van der Waals surface area contributed by atoms with Gasteiger partial charge in [0.1, 0.15) is 11.4 Å². The number of benzene rings is 1. The monoisotopic (exact) mass is 233 g/mol. The lowest BCUT2D eigenvalue weighted by molar-refractivity contribution is -0.107. The minimum absolute atomic E-state index is 0.546. The Labute approximate surface area is 99.3 Å². The van der Waals surface area contributed by atoms with Crippen molar-refractivity contribution in [2.45, 2.75) is 19.3 Å². The minimum Gasteiger partial charge on any atom is -0.303 e. The molecule has 0 aliphatic carbocycles. The van der Waals surface area contributed by atoms with Crippen molar-refractivity contribution in [3.63, 3.8) is 0 Å². The SMILES string of the molecule is O=CCCCc1cc2ccccc2nc1Cl. The van der Waals surface area contributed by atoms with Crippen LogP contribution >= 0.6 is 11.6 Å². The fourth-order valence-corrected chi connectivity index (χ4v) is 1.93. The fraction of sp³-hybridized carbons (Fsp3) is 0.231. The highest BCUT2D eigenvalue weighted by Crippen LogP contribution is 2.21. The average molecular weight is 234 g/mol. The predicted octanol–water partition coefficient (Wildman–Crippen LogP) is 3.41. The van der Waals surface area contributed by atoms with E-state index in [9.17, 15) is 4.79 Å². The van der Waals surface area contributed by atoms with Crippen LogP contribution in [-0.4, -0.2) is 11.3 Å². The molecule has 3 heteroatoms. The van der Waals surface area contributed by atoms with Crippen molar-refractivity contribution in [1.82, 2.24) is 4.98 Å². The van der Waals surface area contributed by atoms with Crippen molar-refractivity contribution in [3.05, 3.63) is 41.0 Å². The number of halogens is 1. The molecule has 0 unspecified atom stereocenters. The summed E-state index contributed by atoms with van der Waals surface area (Å²) in [6.45, 7) is 0. The van der Waals surface area contributed by atoms with Gasteiger partial charge in [0, 0.05) is 11.8 Å². The molecule has 0 amide bonds. The Morgan fingerprint density at radius 3 is 2.94 bits per heavy atom. The maximum atomic E-state index is 10.2. The van der Waals surface area contributed by atoms with Gasteiger partial charge in [-0.3, -0.25) is 0 Å². The molecule has 1 aromatic carbocycles. The normalized spacial score (nSPS) is 10.6. The molecular formula is C13H12ClNO. The lowest BCUT2D eigenvalue weighted by Crippen LogP contribution is -1.91. The van der Waals surface area contributed by atoms with Crippen LogP contribution in [0.25, 0.3) is 10.9 Å². The Kier molecular flexibility index (Phi) is 3.52. The molecule has 0 spiro atoms. The largest absolute Gasteiger partial charge is 0.303 e. The first-order valence-corrected chi connectivity index (χ1v) is 5.67. The molecule has 0 saturated carbocycles. The number of rotatable bonds is 4. The first kappa shape index (κ1) is 11.1. The Balaban J connectivity index is 2.30. The van der Waals surface area contributed by atoms with E-state index >= 15 is 0 Å². The number of aldehydes is 1. The van der Waals surface area contributed by atoms with E-state index in [1.54, 1.807) is 0 Å². The van der Waals surface area contributed by atoms with Crippen molar-refractivity contribution < 1.29 is 4.79 Å². The number of nitrogens with zero attached hydrogens (tertiary/aromatic N) is 1. The second-order valence-corrected chi connectivity index (χ2v) is 4.05. The molecule has 0 aliphatic heterocycles. The molecule has 1 aromatic heterocycles.